The number of aromatic nitrogens is 2. The molecule has 1 amide bonds. The quantitative estimate of drug-likeness (QED) is 0.452. The van der Waals surface area contributed by atoms with Gasteiger partial charge >= 0.3 is 0 Å². The second-order valence-corrected chi connectivity index (χ2v) is 12.6. The number of para-hydroxylation sites is 2. The van der Waals surface area contributed by atoms with Gasteiger partial charge < -0.3 is 10.2 Å². The minimum absolute atomic E-state index is 0.0646. The molecule has 0 saturated carbocycles. The lowest BCUT2D eigenvalue weighted by Crippen LogP contribution is -2.39. The molecule has 2 fully saturated rings. The molecule has 0 spiro atoms. The first kappa shape index (κ1) is 25.8. The smallest absolute Gasteiger partial charge is 0.275 e. The standard InChI is InChI=1S/C27H33N5O3S2/c33-26(29-23-9-2-3-10-25(23)31-15-6-1-7-16-31)24-20-36-27(30-24)21-11-17-32(18-12-21)37(34,35)19-13-22-8-4-5-14-28-22/h2-5,8-10,14,20-21H,1,6-7,11-13,15-19H2,(H,29,33). The van der Waals surface area contributed by atoms with Crippen LogP contribution in [0.5, 0.6) is 0 Å². The number of nitrogens with one attached hydrogen (secondary N) is 1. The zero-order valence-corrected chi connectivity index (χ0v) is 22.5. The van der Waals surface area contributed by atoms with Crippen molar-refractivity contribution in [2.75, 3.05) is 42.1 Å². The number of sulfonamides is 1. The maximum absolute atomic E-state index is 13.0. The van der Waals surface area contributed by atoms with Gasteiger partial charge in [-0.3, -0.25) is 9.78 Å². The molecule has 0 bridgehead atoms. The number of benzene rings is 1. The number of nitrogens with zero attached hydrogens (tertiary/aromatic N) is 4. The predicted octanol–water partition coefficient (Wildman–Crippen LogP) is 4.53. The van der Waals surface area contributed by atoms with E-state index in [1.807, 2.05) is 41.8 Å². The predicted molar refractivity (Wildman–Crippen MR) is 148 cm³/mol. The Hall–Kier alpha value is -2.82. The maximum atomic E-state index is 13.0. The lowest BCUT2D eigenvalue weighted by atomic mass is 9.99. The summed E-state index contributed by atoms with van der Waals surface area (Å²) >= 11 is 1.48. The highest BCUT2D eigenvalue weighted by Crippen LogP contribution is 2.32. The fraction of sp³-hybridized carbons (Fsp3) is 0.444. The molecule has 0 unspecified atom stereocenters. The van der Waals surface area contributed by atoms with Gasteiger partial charge in [0.1, 0.15) is 5.69 Å². The monoisotopic (exact) mass is 539 g/mol. The molecule has 2 aliphatic rings. The van der Waals surface area contributed by atoms with E-state index in [0.717, 1.165) is 35.2 Å². The van der Waals surface area contributed by atoms with Gasteiger partial charge in [0.25, 0.3) is 5.91 Å². The van der Waals surface area contributed by atoms with Gasteiger partial charge in [0.05, 0.1) is 22.1 Å². The molecule has 196 valence electrons. The molecule has 0 atom stereocenters. The van der Waals surface area contributed by atoms with E-state index >= 15 is 0 Å². The molecule has 2 saturated heterocycles. The van der Waals surface area contributed by atoms with Gasteiger partial charge in [0, 0.05) is 55.8 Å². The average Bonchev–Trinajstić information content (AvgIpc) is 3.44. The maximum Gasteiger partial charge on any atom is 0.275 e. The summed E-state index contributed by atoms with van der Waals surface area (Å²) in [7, 11) is -3.34. The van der Waals surface area contributed by atoms with E-state index in [9.17, 15) is 13.2 Å². The van der Waals surface area contributed by atoms with Crippen molar-refractivity contribution in [2.45, 2.75) is 44.4 Å². The van der Waals surface area contributed by atoms with Crippen LogP contribution in [-0.2, 0) is 16.4 Å². The fourth-order valence-corrected chi connectivity index (χ4v) is 7.51. The Balaban J connectivity index is 1.17. The number of rotatable bonds is 8. The van der Waals surface area contributed by atoms with Crippen molar-refractivity contribution in [1.82, 2.24) is 14.3 Å². The van der Waals surface area contributed by atoms with Crippen molar-refractivity contribution >= 4 is 38.6 Å². The minimum Gasteiger partial charge on any atom is -0.370 e. The van der Waals surface area contributed by atoms with Crippen molar-refractivity contribution in [3.8, 4) is 0 Å². The van der Waals surface area contributed by atoms with E-state index in [1.54, 1.807) is 10.5 Å². The van der Waals surface area contributed by atoms with Gasteiger partial charge in [-0.05, 0) is 56.4 Å². The van der Waals surface area contributed by atoms with Crippen LogP contribution in [0.2, 0.25) is 0 Å². The third-order valence-electron chi connectivity index (χ3n) is 7.14. The van der Waals surface area contributed by atoms with Gasteiger partial charge in [-0.15, -0.1) is 11.3 Å². The molecule has 5 rings (SSSR count). The first-order valence-corrected chi connectivity index (χ1v) is 15.5. The van der Waals surface area contributed by atoms with Crippen LogP contribution < -0.4 is 10.2 Å². The number of piperidine rings is 2. The number of amides is 1. The summed E-state index contributed by atoms with van der Waals surface area (Å²) in [5, 5.41) is 5.78. The highest BCUT2D eigenvalue weighted by atomic mass is 32.2. The number of hydrogen-bond acceptors (Lipinski definition) is 7. The van der Waals surface area contributed by atoms with Gasteiger partial charge in [-0.1, -0.05) is 18.2 Å². The lowest BCUT2D eigenvalue weighted by Gasteiger charge is -2.30. The van der Waals surface area contributed by atoms with Crippen LogP contribution in [0, 0.1) is 0 Å². The number of carbonyl (C=O) groups excluding carboxylic acids is 1. The first-order chi connectivity index (χ1) is 18.0. The Morgan fingerprint density at radius 1 is 1.00 bits per heavy atom. The third kappa shape index (κ3) is 6.37. The Morgan fingerprint density at radius 2 is 1.76 bits per heavy atom. The van der Waals surface area contributed by atoms with E-state index < -0.39 is 10.0 Å². The summed E-state index contributed by atoms with van der Waals surface area (Å²) < 4.78 is 27.3. The SMILES string of the molecule is O=C(Nc1ccccc1N1CCCCC1)c1csc(C2CCN(S(=O)(=O)CCc3ccccn3)CC2)n1. The van der Waals surface area contributed by atoms with Crippen LogP contribution in [0.1, 0.15) is 59.2 Å². The van der Waals surface area contributed by atoms with E-state index in [0.29, 0.717) is 38.0 Å². The molecule has 2 aromatic heterocycles. The van der Waals surface area contributed by atoms with Crippen LogP contribution in [-0.4, -0.2) is 60.5 Å². The molecule has 1 aromatic carbocycles. The molecule has 2 aliphatic heterocycles. The topological polar surface area (TPSA) is 95.5 Å². The van der Waals surface area contributed by atoms with Crippen LogP contribution >= 0.6 is 11.3 Å². The Bertz CT molecular complexity index is 1300. The third-order valence-corrected chi connectivity index (χ3v) is 10.0. The zero-order valence-electron chi connectivity index (χ0n) is 20.9. The molecular formula is C27H33N5O3S2. The summed E-state index contributed by atoms with van der Waals surface area (Å²) in [5.41, 5.74) is 3.07. The van der Waals surface area contributed by atoms with Crippen molar-refractivity contribution in [3.63, 3.8) is 0 Å². The zero-order chi connectivity index (χ0) is 25.7. The van der Waals surface area contributed by atoms with E-state index in [2.05, 4.69) is 26.3 Å². The molecule has 0 aliphatic carbocycles. The van der Waals surface area contributed by atoms with Gasteiger partial charge in [0.15, 0.2) is 0 Å². The molecular weight excluding hydrogens is 506 g/mol. The number of hydrogen-bond donors (Lipinski definition) is 1. The van der Waals surface area contributed by atoms with Crippen LogP contribution in [0.4, 0.5) is 11.4 Å². The normalized spacial score (nSPS) is 17.6. The summed E-state index contributed by atoms with van der Waals surface area (Å²) in [4.78, 5) is 24.3. The van der Waals surface area contributed by atoms with Gasteiger partial charge in [-0.2, -0.15) is 0 Å². The number of anilines is 2. The van der Waals surface area contributed by atoms with Crippen molar-refractivity contribution in [2.24, 2.45) is 0 Å². The van der Waals surface area contributed by atoms with Crippen molar-refractivity contribution in [1.29, 1.82) is 0 Å². The van der Waals surface area contributed by atoms with Crippen LogP contribution in [0.15, 0.2) is 54.0 Å². The van der Waals surface area contributed by atoms with E-state index in [-0.39, 0.29) is 17.6 Å². The summed E-state index contributed by atoms with van der Waals surface area (Å²) in [6.45, 7) is 2.95. The summed E-state index contributed by atoms with van der Waals surface area (Å²) in [5.74, 6) is 0.0192. The van der Waals surface area contributed by atoms with Crippen molar-refractivity contribution < 1.29 is 13.2 Å². The Kier molecular flexibility index (Phi) is 8.17. The average molecular weight is 540 g/mol. The number of aryl methyl sites for hydroxylation is 1. The molecule has 3 aromatic rings. The second-order valence-electron chi connectivity index (χ2n) is 9.65. The summed E-state index contributed by atoms with van der Waals surface area (Å²) in [6, 6.07) is 13.5. The highest BCUT2D eigenvalue weighted by Gasteiger charge is 2.30. The molecule has 1 N–H and O–H groups in total. The second kappa shape index (κ2) is 11.7. The number of pyridine rings is 1. The largest absolute Gasteiger partial charge is 0.370 e. The fourth-order valence-electron chi connectivity index (χ4n) is 5.05. The van der Waals surface area contributed by atoms with Gasteiger partial charge in [-0.25, -0.2) is 17.7 Å². The summed E-state index contributed by atoms with van der Waals surface area (Å²) in [6.07, 6.45) is 7.09. The molecule has 10 heteroatoms. The number of thiazole rings is 1. The molecule has 0 radical (unpaired) electrons. The van der Waals surface area contributed by atoms with Crippen molar-refractivity contribution in [3.05, 3.63) is 70.4 Å². The number of carbonyl (C=O) groups is 1. The Morgan fingerprint density at radius 3 is 2.51 bits per heavy atom. The van der Waals surface area contributed by atoms with Crippen LogP contribution in [0.25, 0.3) is 0 Å². The molecule has 8 nitrogen and oxygen atoms in total. The first-order valence-electron chi connectivity index (χ1n) is 13.0. The van der Waals surface area contributed by atoms with E-state index in [4.69, 9.17) is 0 Å². The Labute approximate surface area is 222 Å². The lowest BCUT2D eigenvalue weighted by molar-refractivity contribution is 0.102. The minimum atomic E-state index is -3.34. The molecule has 37 heavy (non-hydrogen) atoms. The van der Waals surface area contributed by atoms with Crippen LogP contribution in [0.3, 0.4) is 0 Å². The highest BCUT2D eigenvalue weighted by molar-refractivity contribution is 7.89. The van der Waals surface area contributed by atoms with Gasteiger partial charge in [0.2, 0.25) is 10.0 Å². The van der Waals surface area contributed by atoms with E-state index in [1.165, 1.54) is 30.6 Å². The molecule has 4 heterocycles.